The Bertz CT molecular complexity index is 1090. The molecule has 61 heavy (non-hydrogen) atoms. The summed E-state index contributed by atoms with van der Waals surface area (Å²) in [6, 6.07) is -0.906. The van der Waals surface area contributed by atoms with Crippen LogP contribution in [0.2, 0.25) is 0 Å². The molecule has 0 saturated carbocycles. The van der Waals surface area contributed by atoms with Crippen molar-refractivity contribution in [2.24, 2.45) is 0 Å². The van der Waals surface area contributed by atoms with Gasteiger partial charge in [-0.1, -0.05) is 230 Å². The van der Waals surface area contributed by atoms with Gasteiger partial charge in [-0.15, -0.1) is 0 Å². The fourth-order valence-electron chi connectivity index (χ4n) is 7.47. The molecule has 1 amide bonds. The highest BCUT2D eigenvalue weighted by atomic mass is 31.2. The average Bonchev–Trinajstić information content (AvgIpc) is 3.21. The van der Waals surface area contributed by atoms with E-state index in [0.29, 0.717) is 17.4 Å². The van der Waals surface area contributed by atoms with E-state index >= 15 is 0 Å². The number of hydrogen-bond donors (Lipinski definition) is 2. The second kappa shape index (κ2) is 43.9. The van der Waals surface area contributed by atoms with Crippen LogP contribution in [-0.2, 0) is 18.4 Å². The van der Waals surface area contributed by atoms with Gasteiger partial charge in [0.2, 0.25) is 5.91 Å². The van der Waals surface area contributed by atoms with E-state index in [9.17, 15) is 19.4 Å². The van der Waals surface area contributed by atoms with Crippen LogP contribution in [0.15, 0.2) is 36.5 Å². The predicted molar refractivity (Wildman–Crippen MR) is 261 cm³/mol. The SMILES string of the molecule is CCCC/C=C/CC/C=C/CC/C=C/C(O)C(COP(=O)([O-])OCC[N+](C)(C)C)NC(=O)CCCCCCCCCCCCCCCCCCCCCCCCCCCCC. The molecule has 3 unspecified atom stereocenters. The van der Waals surface area contributed by atoms with E-state index < -0.39 is 26.6 Å². The second-order valence-corrected chi connectivity index (χ2v) is 20.3. The number of aliphatic hydroxyl groups excluding tert-OH is 1. The lowest BCUT2D eigenvalue weighted by molar-refractivity contribution is -0.870. The van der Waals surface area contributed by atoms with Crippen LogP contribution in [0, 0.1) is 0 Å². The molecule has 0 spiro atoms. The summed E-state index contributed by atoms with van der Waals surface area (Å²) >= 11 is 0. The van der Waals surface area contributed by atoms with Crippen molar-refractivity contribution >= 4 is 13.7 Å². The van der Waals surface area contributed by atoms with Gasteiger partial charge in [0.05, 0.1) is 39.9 Å². The normalized spacial score (nSPS) is 14.4. The Morgan fingerprint density at radius 2 is 0.918 bits per heavy atom. The highest BCUT2D eigenvalue weighted by Gasteiger charge is 2.23. The number of likely N-dealkylation sites (N-methyl/N-ethyl adjacent to an activating group) is 1. The molecule has 2 N–H and O–H groups in total. The Morgan fingerprint density at radius 3 is 1.31 bits per heavy atom. The molecule has 0 aromatic heterocycles. The van der Waals surface area contributed by atoms with Crippen molar-refractivity contribution in [3.8, 4) is 0 Å². The topological polar surface area (TPSA) is 108 Å². The Balaban J connectivity index is 4.12. The zero-order valence-corrected chi connectivity index (χ0v) is 41.8. The van der Waals surface area contributed by atoms with Crippen molar-refractivity contribution in [3.63, 3.8) is 0 Å². The Kier molecular flexibility index (Phi) is 43.0. The number of amides is 1. The van der Waals surface area contributed by atoms with Crippen molar-refractivity contribution in [3.05, 3.63) is 36.5 Å². The Morgan fingerprint density at radius 1 is 0.557 bits per heavy atom. The molecule has 0 aliphatic heterocycles. The average molecular weight is 881 g/mol. The first-order valence-corrected chi connectivity index (χ1v) is 27.3. The maximum Gasteiger partial charge on any atom is 0.268 e. The third-order valence-corrected chi connectivity index (χ3v) is 12.5. The molecular formula is C52H101N2O6P. The molecule has 0 aromatic rings. The molecule has 0 bridgehead atoms. The van der Waals surface area contributed by atoms with Gasteiger partial charge in [-0.05, 0) is 38.5 Å². The number of hydrogen-bond acceptors (Lipinski definition) is 6. The standard InChI is InChI=1S/C52H101N2O6P/c1-6-8-10-12-14-16-18-20-21-22-23-24-25-26-27-28-29-30-31-32-33-34-36-38-40-42-44-46-52(56)53-50(49-60-61(57,58)59-48-47-54(3,4)5)51(55)45-43-41-39-37-35-19-17-15-13-11-9-7-2/h13,15,35,37,43,45,50-51,55H,6-12,14,16-34,36,38-42,44,46-49H2,1-5H3,(H-,53,56,57,58)/b15-13+,37-35+,45-43+. The molecule has 8 nitrogen and oxygen atoms in total. The summed E-state index contributed by atoms with van der Waals surface area (Å²) in [6.07, 6.45) is 55.1. The van der Waals surface area contributed by atoms with E-state index in [0.717, 1.165) is 51.4 Å². The molecule has 0 aliphatic rings. The molecule has 0 fully saturated rings. The molecule has 9 heteroatoms. The van der Waals surface area contributed by atoms with Crippen LogP contribution in [0.4, 0.5) is 0 Å². The number of quaternary nitrogens is 1. The predicted octanol–water partition coefficient (Wildman–Crippen LogP) is 14.4. The monoisotopic (exact) mass is 881 g/mol. The van der Waals surface area contributed by atoms with Crippen LogP contribution in [0.5, 0.6) is 0 Å². The zero-order chi connectivity index (χ0) is 45.0. The molecule has 0 saturated heterocycles. The molecule has 0 aromatic carbocycles. The summed E-state index contributed by atoms with van der Waals surface area (Å²) in [5.41, 5.74) is 0. The maximum atomic E-state index is 12.9. The zero-order valence-electron chi connectivity index (χ0n) is 40.9. The quantitative estimate of drug-likeness (QED) is 0.0273. The van der Waals surface area contributed by atoms with Gasteiger partial charge in [0, 0.05) is 6.42 Å². The van der Waals surface area contributed by atoms with E-state index in [4.69, 9.17) is 9.05 Å². The van der Waals surface area contributed by atoms with Crippen LogP contribution in [0.3, 0.4) is 0 Å². The van der Waals surface area contributed by atoms with Gasteiger partial charge in [-0.3, -0.25) is 9.36 Å². The van der Waals surface area contributed by atoms with Gasteiger partial charge >= 0.3 is 0 Å². The van der Waals surface area contributed by atoms with Crippen LogP contribution >= 0.6 is 7.82 Å². The van der Waals surface area contributed by atoms with E-state index in [1.54, 1.807) is 6.08 Å². The lowest BCUT2D eigenvalue weighted by atomic mass is 10.0. The molecular weight excluding hydrogens is 780 g/mol. The summed E-state index contributed by atoms with van der Waals surface area (Å²) in [7, 11) is 1.24. The lowest BCUT2D eigenvalue weighted by Crippen LogP contribution is -2.45. The summed E-state index contributed by atoms with van der Waals surface area (Å²) in [4.78, 5) is 25.3. The van der Waals surface area contributed by atoms with Gasteiger partial charge in [-0.2, -0.15) is 0 Å². The fraction of sp³-hybridized carbons (Fsp3) is 0.865. The number of aliphatic hydroxyl groups is 1. The number of carbonyl (C=O) groups is 1. The number of phosphoric ester groups is 1. The molecule has 3 atom stereocenters. The molecule has 0 radical (unpaired) electrons. The first-order valence-electron chi connectivity index (χ1n) is 25.9. The highest BCUT2D eigenvalue weighted by Crippen LogP contribution is 2.38. The van der Waals surface area contributed by atoms with Crippen molar-refractivity contribution in [1.29, 1.82) is 0 Å². The molecule has 0 aliphatic carbocycles. The van der Waals surface area contributed by atoms with Gasteiger partial charge < -0.3 is 28.8 Å². The van der Waals surface area contributed by atoms with E-state index in [2.05, 4.69) is 43.5 Å². The van der Waals surface area contributed by atoms with Crippen LogP contribution < -0.4 is 10.2 Å². The van der Waals surface area contributed by atoms with E-state index in [-0.39, 0.29) is 12.5 Å². The van der Waals surface area contributed by atoms with E-state index in [1.165, 1.54) is 167 Å². The maximum absolute atomic E-state index is 12.9. The Labute approximate surface area is 378 Å². The number of allylic oxidation sites excluding steroid dienone is 5. The Hall–Kier alpha value is -1.28. The van der Waals surface area contributed by atoms with E-state index in [1.807, 2.05) is 27.2 Å². The molecule has 0 rings (SSSR count). The summed E-state index contributed by atoms with van der Waals surface area (Å²) in [5, 5.41) is 13.8. The van der Waals surface area contributed by atoms with Gasteiger partial charge in [-0.25, -0.2) is 0 Å². The van der Waals surface area contributed by atoms with Crippen molar-refractivity contribution in [1.82, 2.24) is 5.32 Å². The minimum Gasteiger partial charge on any atom is -0.756 e. The lowest BCUT2D eigenvalue weighted by Gasteiger charge is -2.29. The first kappa shape index (κ1) is 59.7. The number of nitrogens with zero attached hydrogens (tertiary/aromatic N) is 1. The van der Waals surface area contributed by atoms with Crippen molar-refractivity contribution < 1.29 is 32.9 Å². The highest BCUT2D eigenvalue weighted by molar-refractivity contribution is 7.45. The second-order valence-electron chi connectivity index (χ2n) is 18.9. The van der Waals surface area contributed by atoms with Gasteiger partial charge in [0.25, 0.3) is 7.82 Å². The summed E-state index contributed by atoms with van der Waals surface area (Å²) in [6.45, 7) is 4.58. The number of nitrogens with one attached hydrogen (secondary N) is 1. The van der Waals surface area contributed by atoms with Gasteiger partial charge in [0.1, 0.15) is 13.2 Å². The minimum atomic E-state index is -4.60. The number of rotatable bonds is 47. The number of unbranched alkanes of at least 4 members (excludes halogenated alkanes) is 30. The molecule has 360 valence electrons. The van der Waals surface area contributed by atoms with Crippen LogP contribution in [0.25, 0.3) is 0 Å². The number of carbonyl (C=O) groups excluding carboxylic acids is 1. The van der Waals surface area contributed by atoms with Crippen LogP contribution in [0.1, 0.15) is 239 Å². The fourth-order valence-corrected chi connectivity index (χ4v) is 8.19. The van der Waals surface area contributed by atoms with Crippen molar-refractivity contribution in [2.75, 3.05) is 40.9 Å². The molecule has 0 heterocycles. The third-order valence-electron chi connectivity index (χ3n) is 11.6. The number of phosphoric acid groups is 1. The third kappa shape index (κ3) is 46.5. The summed E-state index contributed by atoms with van der Waals surface area (Å²) in [5.74, 6) is -0.209. The largest absolute Gasteiger partial charge is 0.756 e. The van der Waals surface area contributed by atoms with Gasteiger partial charge in [0.15, 0.2) is 0 Å². The first-order chi connectivity index (χ1) is 29.5. The minimum absolute atomic E-state index is 0.00788. The smallest absolute Gasteiger partial charge is 0.268 e. The van der Waals surface area contributed by atoms with Crippen LogP contribution in [-0.4, -0.2) is 68.5 Å². The van der Waals surface area contributed by atoms with Crippen molar-refractivity contribution in [2.45, 2.75) is 251 Å². The summed E-state index contributed by atoms with van der Waals surface area (Å²) < 4.78 is 23.2.